The Hall–Kier alpha value is -1.75. The zero-order valence-electron chi connectivity index (χ0n) is 13.3. The van der Waals surface area contributed by atoms with E-state index in [0.717, 1.165) is 20.5 Å². The summed E-state index contributed by atoms with van der Waals surface area (Å²) < 4.78 is 28.6. The lowest BCUT2D eigenvalue weighted by Gasteiger charge is -2.16. The topological polar surface area (TPSA) is 105 Å². The van der Waals surface area contributed by atoms with E-state index in [1.807, 2.05) is 0 Å². The second kappa shape index (κ2) is 6.28. The Morgan fingerprint density at radius 3 is 2.92 bits per heavy atom. The highest BCUT2D eigenvalue weighted by atomic mass is 32.2. The number of hydrogen-bond acceptors (Lipinski definition) is 6. The largest absolute Gasteiger partial charge is 0.478 e. The molecule has 2 aromatic rings. The maximum atomic E-state index is 12.9. The number of hydrogen-bond donors (Lipinski definition) is 2. The molecular formula is C14H18N4O4S2. The number of aromatic carboxylic acids is 1. The zero-order chi connectivity index (χ0) is 17.5. The van der Waals surface area contributed by atoms with Gasteiger partial charge >= 0.3 is 5.97 Å². The molecule has 3 rings (SSSR count). The third-order valence-corrected chi connectivity index (χ3v) is 7.57. The molecule has 24 heavy (non-hydrogen) atoms. The van der Waals surface area contributed by atoms with Gasteiger partial charge in [0.15, 0.2) is 0 Å². The van der Waals surface area contributed by atoms with Crippen molar-refractivity contribution < 1.29 is 18.3 Å². The van der Waals surface area contributed by atoms with E-state index in [4.69, 9.17) is 0 Å². The Balaban J connectivity index is 2.02. The van der Waals surface area contributed by atoms with E-state index >= 15 is 0 Å². The summed E-state index contributed by atoms with van der Waals surface area (Å²) in [5.41, 5.74) is 0.554. The number of imidazole rings is 1. The Morgan fingerprint density at radius 1 is 1.54 bits per heavy atom. The number of carboxylic acid groups (broad SMARTS) is 1. The third-order valence-electron chi connectivity index (χ3n) is 4.04. The maximum absolute atomic E-state index is 12.9. The minimum Gasteiger partial charge on any atom is -0.478 e. The van der Waals surface area contributed by atoms with Gasteiger partial charge in [-0.25, -0.2) is 18.2 Å². The molecule has 2 N–H and O–H groups in total. The van der Waals surface area contributed by atoms with Crippen molar-refractivity contribution in [3.8, 4) is 0 Å². The summed E-state index contributed by atoms with van der Waals surface area (Å²) in [7, 11) is -0.696. The van der Waals surface area contributed by atoms with Gasteiger partial charge in [-0.3, -0.25) is 0 Å². The first-order valence-electron chi connectivity index (χ1n) is 7.33. The van der Waals surface area contributed by atoms with Crippen molar-refractivity contribution >= 4 is 27.3 Å². The molecule has 1 aliphatic heterocycles. The number of aryl methyl sites for hydroxylation is 1. The van der Waals surface area contributed by atoms with Crippen LogP contribution in [0.25, 0.3) is 0 Å². The molecule has 130 valence electrons. The molecule has 8 nitrogen and oxygen atoms in total. The highest BCUT2D eigenvalue weighted by Gasteiger charge is 2.34. The number of carboxylic acids is 1. The highest BCUT2D eigenvalue weighted by Crippen LogP contribution is 2.36. The fraction of sp³-hybridized carbons (Fsp3) is 0.429. The van der Waals surface area contributed by atoms with E-state index in [1.165, 1.54) is 7.05 Å². The summed E-state index contributed by atoms with van der Waals surface area (Å²) in [5, 5.41) is 12.7. The SMILES string of the molecule is CN(Cc1nccn1C)S(=O)(=O)c1sc2c(c1C(=O)O)CCNC2. The second-order valence-corrected chi connectivity index (χ2v) is 8.96. The summed E-state index contributed by atoms with van der Waals surface area (Å²) in [5.74, 6) is -0.612. The van der Waals surface area contributed by atoms with Gasteiger partial charge in [-0.15, -0.1) is 11.3 Å². The average molecular weight is 370 g/mol. The fourth-order valence-corrected chi connectivity index (χ4v) is 5.86. The van der Waals surface area contributed by atoms with Crippen molar-refractivity contribution in [2.75, 3.05) is 13.6 Å². The van der Waals surface area contributed by atoms with Crippen LogP contribution in [-0.4, -0.2) is 46.9 Å². The quantitative estimate of drug-likeness (QED) is 0.801. The molecule has 0 unspecified atom stereocenters. The van der Waals surface area contributed by atoms with Crippen molar-refractivity contribution in [3.63, 3.8) is 0 Å². The molecule has 3 heterocycles. The van der Waals surface area contributed by atoms with Crippen LogP contribution in [0.5, 0.6) is 0 Å². The van der Waals surface area contributed by atoms with Gasteiger partial charge < -0.3 is 15.0 Å². The van der Waals surface area contributed by atoms with Gasteiger partial charge in [-0.2, -0.15) is 4.31 Å². The molecule has 10 heteroatoms. The van der Waals surface area contributed by atoms with Gasteiger partial charge in [0.2, 0.25) is 0 Å². The van der Waals surface area contributed by atoms with Crippen LogP contribution in [0.2, 0.25) is 0 Å². The molecule has 1 aliphatic rings. The predicted molar refractivity (Wildman–Crippen MR) is 88.5 cm³/mol. The Bertz CT molecular complexity index is 885. The lowest BCUT2D eigenvalue weighted by Crippen LogP contribution is -2.28. The standard InChI is InChI=1S/C14H18N4O4S2/c1-17-6-5-16-11(17)8-18(2)24(21,22)14-12(13(19)20)9-3-4-15-7-10(9)23-14/h5-6,15H,3-4,7-8H2,1-2H3,(H,19,20). The van der Waals surface area contributed by atoms with Crippen molar-refractivity contribution in [1.29, 1.82) is 0 Å². The monoisotopic (exact) mass is 370 g/mol. The number of aromatic nitrogens is 2. The van der Waals surface area contributed by atoms with E-state index in [-0.39, 0.29) is 16.3 Å². The van der Waals surface area contributed by atoms with Crippen LogP contribution in [0.4, 0.5) is 0 Å². The van der Waals surface area contributed by atoms with Crippen molar-refractivity contribution in [2.24, 2.45) is 7.05 Å². The molecule has 0 saturated carbocycles. The fourth-order valence-electron chi connectivity index (χ4n) is 2.68. The van der Waals surface area contributed by atoms with Gasteiger partial charge in [-0.05, 0) is 18.5 Å². The smallest absolute Gasteiger partial charge is 0.338 e. The summed E-state index contributed by atoms with van der Waals surface area (Å²) >= 11 is 1.04. The van der Waals surface area contributed by atoms with E-state index in [9.17, 15) is 18.3 Å². The number of fused-ring (bicyclic) bond motifs is 1. The van der Waals surface area contributed by atoms with E-state index in [2.05, 4.69) is 10.3 Å². The normalized spacial score (nSPS) is 14.8. The number of rotatable bonds is 5. The molecule has 0 atom stereocenters. The van der Waals surface area contributed by atoms with Gasteiger partial charge in [-0.1, -0.05) is 0 Å². The number of carbonyl (C=O) groups is 1. The molecule has 0 spiro atoms. The Kier molecular flexibility index (Phi) is 4.47. The molecule has 0 amide bonds. The first kappa shape index (κ1) is 17.1. The lowest BCUT2D eigenvalue weighted by atomic mass is 10.1. The number of nitrogens with one attached hydrogen (secondary N) is 1. The van der Waals surface area contributed by atoms with E-state index in [1.54, 1.807) is 24.0 Å². The average Bonchev–Trinajstić information content (AvgIpc) is 3.11. The third kappa shape index (κ3) is 2.86. The van der Waals surface area contributed by atoms with E-state index in [0.29, 0.717) is 30.9 Å². The lowest BCUT2D eigenvalue weighted by molar-refractivity contribution is 0.0692. The van der Waals surface area contributed by atoms with Crippen LogP contribution >= 0.6 is 11.3 Å². The minimum atomic E-state index is -3.91. The van der Waals surface area contributed by atoms with Gasteiger partial charge in [0.25, 0.3) is 10.0 Å². The number of nitrogens with zero attached hydrogens (tertiary/aromatic N) is 3. The molecule has 0 aliphatic carbocycles. The summed E-state index contributed by atoms with van der Waals surface area (Å²) in [6, 6.07) is 0. The minimum absolute atomic E-state index is 0.0751. The van der Waals surface area contributed by atoms with Crippen LogP contribution in [-0.2, 0) is 36.6 Å². The molecular weight excluding hydrogens is 352 g/mol. The summed E-state index contributed by atoms with van der Waals surface area (Å²) in [6.45, 7) is 1.22. The number of sulfonamides is 1. The van der Waals surface area contributed by atoms with Gasteiger partial charge in [0.1, 0.15) is 10.0 Å². The molecule has 0 fully saturated rings. The molecule has 0 aromatic carbocycles. The summed E-state index contributed by atoms with van der Waals surface area (Å²) in [4.78, 5) is 16.6. The Morgan fingerprint density at radius 2 is 2.29 bits per heavy atom. The van der Waals surface area contributed by atoms with Crippen LogP contribution in [0.3, 0.4) is 0 Å². The van der Waals surface area contributed by atoms with Crippen LogP contribution in [0.1, 0.15) is 26.6 Å². The predicted octanol–water partition coefficient (Wildman–Crippen LogP) is 0.646. The van der Waals surface area contributed by atoms with Crippen LogP contribution < -0.4 is 5.32 Å². The van der Waals surface area contributed by atoms with E-state index < -0.39 is 16.0 Å². The highest BCUT2D eigenvalue weighted by molar-refractivity contribution is 7.91. The van der Waals surface area contributed by atoms with Crippen molar-refractivity contribution in [3.05, 3.63) is 34.2 Å². The molecule has 0 radical (unpaired) electrons. The maximum Gasteiger partial charge on any atom is 0.338 e. The Labute approximate surface area is 143 Å². The van der Waals surface area contributed by atoms with Gasteiger partial charge in [0.05, 0.1) is 12.1 Å². The molecule has 0 bridgehead atoms. The summed E-state index contributed by atoms with van der Waals surface area (Å²) in [6.07, 6.45) is 3.84. The van der Waals surface area contributed by atoms with Gasteiger partial charge in [0, 0.05) is 37.9 Å². The van der Waals surface area contributed by atoms with Crippen molar-refractivity contribution in [1.82, 2.24) is 19.2 Å². The molecule has 0 saturated heterocycles. The second-order valence-electron chi connectivity index (χ2n) is 5.61. The van der Waals surface area contributed by atoms with Crippen LogP contribution in [0, 0.1) is 0 Å². The van der Waals surface area contributed by atoms with Crippen molar-refractivity contribution in [2.45, 2.75) is 23.7 Å². The van der Waals surface area contributed by atoms with Crippen LogP contribution in [0.15, 0.2) is 16.6 Å². The first-order chi connectivity index (χ1) is 11.3. The molecule has 2 aromatic heterocycles. The number of thiophene rings is 1. The zero-order valence-corrected chi connectivity index (χ0v) is 14.9. The first-order valence-corrected chi connectivity index (χ1v) is 9.59.